The van der Waals surface area contributed by atoms with Gasteiger partial charge in [0, 0.05) is 25.1 Å². The number of rotatable bonds is 3. The number of hydrogen-bond acceptors (Lipinski definition) is 3. The van der Waals surface area contributed by atoms with Crippen molar-refractivity contribution in [1.29, 1.82) is 0 Å². The monoisotopic (exact) mass is 273 g/mol. The van der Waals surface area contributed by atoms with E-state index in [1.54, 1.807) is 12.4 Å². The van der Waals surface area contributed by atoms with Gasteiger partial charge < -0.3 is 9.47 Å². The van der Waals surface area contributed by atoms with E-state index in [0.29, 0.717) is 6.54 Å². The Bertz CT molecular complexity index is 574. The maximum absolute atomic E-state index is 12.6. The average molecular weight is 273 g/mol. The van der Waals surface area contributed by atoms with Crippen LogP contribution in [0.25, 0.3) is 0 Å². The lowest BCUT2D eigenvalue weighted by Gasteiger charge is -2.35. The van der Waals surface area contributed by atoms with E-state index in [2.05, 4.69) is 15.2 Å². The molecule has 0 saturated carbocycles. The van der Waals surface area contributed by atoms with Gasteiger partial charge in [0.15, 0.2) is 0 Å². The quantitative estimate of drug-likeness (QED) is 0.925. The predicted octanol–water partition coefficient (Wildman–Crippen LogP) is 1.67. The molecule has 1 fully saturated rings. The van der Waals surface area contributed by atoms with Gasteiger partial charge in [-0.3, -0.25) is 9.89 Å². The van der Waals surface area contributed by atoms with Crippen LogP contribution in [0.1, 0.15) is 36.8 Å². The standard InChI is InChI=1S/C14H19N5O/c1-11-15-7-9-18(11)10-14(20)19-8-3-2-4-13(19)12-5-6-16-17-12/h5-7,9,13H,2-4,8,10H2,1H3,(H,16,17)/t13-/m0/s1. The van der Waals surface area contributed by atoms with E-state index >= 15 is 0 Å². The summed E-state index contributed by atoms with van der Waals surface area (Å²) >= 11 is 0. The molecule has 20 heavy (non-hydrogen) atoms. The molecule has 1 atom stereocenters. The minimum Gasteiger partial charge on any atom is -0.333 e. The smallest absolute Gasteiger partial charge is 0.243 e. The minimum absolute atomic E-state index is 0.127. The van der Waals surface area contributed by atoms with Crippen molar-refractivity contribution in [2.24, 2.45) is 0 Å². The first-order valence-electron chi connectivity index (χ1n) is 7.02. The highest BCUT2D eigenvalue weighted by molar-refractivity contribution is 5.76. The molecule has 2 aromatic heterocycles. The molecule has 1 saturated heterocycles. The number of aryl methyl sites for hydroxylation is 1. The Morgan fingerprint density at radius 2 is 2.35 bits per heavy atom. The van der Waals surface area contributed by atoms with E-state index in [1.807, 2.05) is 28.7 Å². The highest BCUT2D eigenvalue weighted by atomic mass is 16.2. The van der Waals surface area contributed by atoms with E-state index in [4.69, 9.17) is 0 Å². The van der Waals surface area contributed by atoms with Crippen molar-refractivity contribution in [3.8, 4) is 0 Å². The van der Waals surface area contributed by atoms with Gasteiger partial charge in [-0.05, 0) is 32.3 Å². The first-order chi connectivity index (χ1) is 9.75. The van der Waals surface area contributed by atoms with Gasteiger partial charge in [0.2, 0.25) is 5.91 Å². The molecule has 3 rings (SSSR count). The van der Waals surface area contributed by atoms with Gasteiger partial charge in [0.05, 0.1) is 11.7 Å². The van der Waals surface area contributed by atoms with Crippen molar-refractivity contribution in [2.75, 3.05) is 6.54 Å². The van der Waals surface area contributed by atoms with Gasteiger partial charge >= 0.3 is 0 Å². The van der Waals surface area contributed by atoms with E-state index < -0.39 is 0 Å². The Balaban J connectivity index is 1.76. The second kappa shape index (κ2) is 5.48. The number of imidazole rings is 1. The van der Waals surface area contributed by atoms with Crippen LogP contribution in [0.15, 0.2) is 24.7 Å². The molecule has 0 unspecified atom stereocenters. The Labute approximate surface area is 117 Å². The summed E-state index contributed by atoms with van der Waals surface area (Å²) in [4.78, 5) is 18.7. The molecule has 0 aromatic carbocycles. The number of carbonyl (C=O) groups is 1. The second-order valence-electron chi connectivity index (χ2n) is 5.21. The molecule has 2 aromatic rings. The number of piperidine rings is 1. The third-order valence-electron chi connectivity index (χ3n) is 3.93. The maximum Gasteiger partial charge on any atom is 0.243 e. The normalized spacial score (nSPS) is 19.2. The molecule has 0 spiro atoms. The van der Waals surface area contributed by atoms with Crippen LogP contribution in [0.3, 0.4) is 0 Å². The molecule has 0 aliphatic carbocycles. The minimum atomic E-state index is 0.127. The van der Waals surface area contributed by atoms with Crippen LogP contribution in [-0.2, 0) is 11.3 Å². The molecule has 6 heteroatoms. The summed E-state index contributed by atoms with van der Waals surface area (Å²) in [5, 5.41) is 7.00. The van der Waals surface area contributed by atoms with E-state index in [-0.39, 0.29) is 11.9 Å². The van der Waals surface area contributed by atoms with Crippen LogP contribution in [0.2, 0.25) is 0 Å². The molecular formula is C14H19N5O. The SMILES string of the molecule is Cc1nccn1CC(=O)N1CCCC[C@H]1c1ccn[nH]1. The molecule has 1 aliphatic rings. The van der Waals surface area contributed by atoms with Gasteiger partial charge in [-0.25, -0.2) is 4.98 Å². The maximum atomic E-state index is 12.6. The van der Waals surface area contributed by atoms with E-state index in [9.17, 15) is 4.79 Å². The highest BCUT2D eigenvalue weighted by Crippen LogP contribution is 2.29. The molecule has 0 bridgehead atoms. The molecule has 1 N–H and O–H groups in total. The van der Waals surface area contributed by atoms with Crippen molar-refractivity contribution in [3.63, 3.8) is 0 Å². The summed E-state index contributed by atoms with van der Waals surface area (Å²) in [5.74, 6) is 1.01. The Morgan fingerprint density at radius 3 is 3.05 bits per heavy atom. The molecule has 106 valence electrons. The fourth-order valence-corrected chi connectivity index (χ4v) is 2.81. The van der Waals surface area contributed by atoms with Crippen molar-refractivity contribution < 1.29 is 4.79 Å². The molecule has 1 amide bonds. The third-order valence-corrected chi connectivity index (χ3v) is 3.93. The lowest BCUT2D eigenvalue weighted by Crippen LogP contribution is -2.40. The van der Waals surface area contributed by atoms with Gasteiger partial charge in [-0.2, -0.15) is 5.10 Å². The fraction of sp³-hybridized carbons (Fsp3) is 0.500. The Kier molecular flexibility index (Phi) is 3.54. The van der Waals surface area contributed by atoms with Crippen molar-refractivity contribution >= 4 is 5.91 Å². The van der Waals surface area contributed by atoms with Crippen molar-refractivity contribution in [3.05, 3.63) is 36.2 Å². The summed E-state index contributed by atoms with van der Waals surface area (Å²) < 4.78 is 1.89. The topological polar surface area (TPSA) is 66.8 Å². The van der Waals surface area contributed by atoms with Crippen LogP contribution in [0.4, 0.5) is 0 Å². The zero-order valence-corrected chi connectivity index (χ0v) is 11.6. The van der Waals surface area contributed by atoms with Gasteiger partial charge in [-0.1, -0.05) is 0 Å². The van der Waals surface area contributed by atoms with E-state index in [0.717, 1.165) is 37.3 Å². The average Bonchev–Trinajstić information content (AvgIpc) is 3.11. The number of amides is 1. The Hall–Kier alpha value is -2.11. The number of hydrogen-bond donors (Lipinski definition) is 1. The number of likely N-dealkylation sites (tertiary alicyclic amines) is 1. The van der Waals surface area contributed by atoms with Crippen LogP contribution in [0.5, 0.6) is 0 Å². The summed E-state index contributed by atoms with van der Waals surface area (Å²) in [6.45, 7) is 3.09. The van der Waals surface area contributed by atoms with Crippen LogP contribution < -0.4 is 0 Å². The van der Waals surface area contributed by atoms with Gasteiger partial charge in [-0.15, -0.1) is 0 Å². The number of H-pyrrole nitrogens is 1. The summed E-state index contributed by atoms with van der Waals surface area (Å²) in [6, 6.07) is 2.08. The number of nitrogens with zero attached hydrogens (tertiary/aromatic N) is 4. The summed E-state index contributed by atoms with van der Waals surface area (Å²) in [7, 11) is 0. The van der Waals surface area contributed by atoms with Crippen molar-refractivity contribution in [2.45, 2.75) is 38.8 Å². The third kappa shape index (κ3) is 2.45. The molecule has 3 heterocycles. The largest absolute Gasteiger partial charge is 0.333 e. The van der Waals surface area contributed by atoms with Crippen LogP contribution in [0, 0.1) is 6.92 Å². The Morgan fingerprint density at radius 1 is 1.45 bits per heavy atom. The molecular weight excluding hydrogens is 254 g/mol. The molecule has 0 radical (unpaired) electrons. The van der Waals surface area contributed by atoms with E-state index in [1.165, 1.54) is 0 Å². The second-order valence-corrected chi connectivity index (χ2v) is 5.21. The number of carbonyl (C=O) groups excluding carboxylic acids is 1. The predicted molar refractivity (Wildman–Crippen MR) is 73.9 cm³/mol. The number of nitrogens with one attached hydrogen (secondary N) is 1. The lowest BCUT2D eigenvalue weighted by atomic mass is 9.99. The highest BCUT2D eigenvalue weighted by Gasteiger charge is 2.28. The van der Waals surface area contributed by atoms with Crippen molar-refractivity contribution in [1.82, 2.24) is 24.6 Å². The van der Waals surface area contributed by atoms with Gasteiger partial charge in [0.1, 0.15) is 12.4 Å². The zero-order chi connectivity index (χ0) is 13.9. The van der Waals surface area contributed by atoms with Crippen LogP contribution in [-0.4, -0.2) is 37.1 Å². The number of aromatic amines is 1. The first kappa shape index (κ1) is 12.9. The molecule has 1 aliphatic heterocycles. The lowest BCUT2D eigenvalue weighted by molar-refractivity contribution is -0.135. The first-order valence-corrected chi connectivity index (χ1v) is 7.02. The summed E-state index contributed by atoms with van der Waals surface area (Å²) in [6.07, 6.45) is 8.54. The number of aromatic nitrogens is 4. The zero-order valence-electron chi connectivity index (χ0n) is 11.6. The van der Waals surface area contributed by atoms with Gasteiger partial charge in [0.25, 0.3) is 0 Å². The molecule has 6 nitrogen and oxygen atoms in total. The van der Waals surface area contributed by atoms with Crippen LogP contribution >= 0.6 is 0 Å². The fourth-order valence-electron chi connectivity index (χ4n) is 2.81. The summed E-state index contributed by atoms with van der Waals surface area (Å²) in [5.41, 5.74) is 1.03.